The fourth-order valence-corrected chi connectivity index (χ4v) is 2.71. The normalized spacial score (nSPS) is 12.8. The molecule has 1 aromatic carbocycles. The first kappa shape index (κ1) is 16.8. The van der Waals surface area contributed by atoms with Crippen molar-refractivity contribution in [3.05, 3.63) is 50.6 Å². The minimum Gasteiger partial charge on any atom is -0.479 e. The highest BCUT2D eigenvalue weighted by atomic mass is 35.5. The molecule has 2 aromatic rings. The van der Waals surface area contributed by atoms with Gasteiger partial charge in [-0.15, -0.1) is 11.3 Å². The van der Waals surface area contributed by atoms with Crippen LogP contribution in [0.3, 0.4) is 0 Å². The third-order valence-corrected chi connectivity index (χ3v) is 4.29. The van der Waals surface area contributed by atoms with Gasteiger partial charge in [-0.2, -0.15) is 5.10 Å². The molecular formula is C15H14Cl2N2O2S. The largest absolute Gasteiger partial charge is 0.479 e. The number of rotatable bonds is 5. The van der Waals surface area contributed by atoms with Crippen LogP contribution in [0, 0.1) is 0 Å². The van der Waals surface area contributed by atoms with E-state index in [-0.39, 0.29) is 5.91 Å². The minimum atomic E-state index is -0.737. The van der Waals surface area contributed by atoms with Crippen LogP contribution in [-0.4, -0.2) is 17.7 Å². The number of ether oxygens (including phenoxy) is 1. The Balaban J connectivity index is 1.96. The Labute approximate surface area is 142 Å². The molecule has 0 aliphatic heterocycles. The standard InChI is InChI=1S/C15H14Cl2N2O2S/c1-9(14-4-3-7-22-14)18-19-15(20)10(2)21-13-6-5-11(16)8-12(13)17/h3-8,10H,1-2H3,(H,19,20)/b18-9+. The maximum absolute atomic E-state index is 12.0. The number of amides is 1. The van der Waals surface area contributed by atoms with Gasteiger partial charge in [-0.25, -0.2) is 5.43 Å². The highest BCUT2D eigenvalue weighted by molar-refractivity contribution is 7.12. The molecule has 0 saturated heterocycles. The quantitative estimate of drug-likeness (QED) is 0.638. The zero-order chi connectivity index (χ0) is 16.1. The molecule has 0 fully saturated rings. The molecule has 0 bridgehead atoms. The van der Waals surface area contributed by atoms with Gasteiger partial charge in [-0.05, 0) is 43.5 Å². The molecule has 2 rings (SSSR count). The lowest BCUT2D eigenvalue weighted by atomic mass is 10.3. The first-order valence-electron chi connectivity index (χ1n) is 6.47. The molecule has 0 spiro atoms. The summed E-state index contributed by atoms with van der Waals surface area (Å²) in [6.07, 6.45) is -0.737. The molecule has 0 aliphatic rings. The van der Waals surface area contributed by atoms with Gasteiger partial charge in [0, 0.05) is 9.90 Å². The summed E-state index contributed by atoms with van der Waals surface area (Å²) in [5.74, 6) is 0.0367. The number of benzene rings is 1. The fraction of sp³-hybridized carbons (Fsp3) is 0.200. The zero-order valence-corrected chi connectivity index (χ0v) is 14.3. The van der Waals surface area contributed by atoms with Crippen molar-refractivity contribution < 1.29 is 9.53 Å². The van der Waals surface area contributed by atoms with Crippen LogP contribution in [0.25, 0.3) is 0 Å². The number of hydrogen-bond donors (Lipinski definition) is 1. The summed E-state index contributed by atoms with van der Waals surface area (Å²) in [6.45, 7) is 3.45. The average molecular weight is 357 g/mol. The highest BCUT2D eigenvalue weighted by Crippen LogP contribution is 2.28. The summed E-state index contributed by atoms with van der Waals surface area (Å²) in [4.78, 5) is 13.0. The van der Waals surface area contributed by atoms with Crippen LogP contribution in [0.5, 0.6) is 5.75 Å². The summed E-state index contributed by atoms with van der Waals surface area (Å²) >= 11 is 13.4. The van der Waals surface area contributed by atoms with E-state index in [2.05, 4.69) is 10.5 Å². The summed E-state index contributed by atoms with van der Waals surface area (Å²) in [6, 6.07) is 8.68. The van der Waals surface area contributed by atoms with E-state index >= 15 is 0 Å². The summed E-state index contributed by atoms with van der Waals surface area (Å²) in [5.41, 5.74) is 3.22. The maximum Gasteiger partial charge on any atom is 0.280 e. The Bertz CT molecular complexity index is 687. The third-order valence-electron chi connectivity index (χ3n) is 2.78. The summed E-state index contributed by atoms with van der Waals surface area (Å²) < 4.78 is 5.52. The molecule has 1 aromatic heterocycles. The van der Waals surface area contributed by atoms with Crippen molar-refractivity contribution >= 4 is 46.2 Å². The molecule has 1 amide bonds. The molecule has 0 saturated carbocycles. The topological polar surface area (TPSA) is 50.7 Å². The molecule has 116 valence electrons. The molecule has 0 radical (unpaired) electrons. The monoisotopic (exact) mass is 356 g/mol. The van der Waals surface area contributed by atoms with E-state index in [1.807, 2.05) is 24.4 Å². The lowest BCUT2D eigenvalue weighted by Crippen LogP contribution is -2.34. The number of carbonyl (C=O) groups excluding carboxylic acids is 1. The molecule has 22 heavy (non-hydrogen) atoms. The SMILES string of the molecule is C/C(=N\NC(=O)C(C)Oc1ccc(Cl)cc1Cl)c1cccs1. The number of thiophene rings is 1. The van der Waals surface area contributed by atoms with Gasteiger partial charge in [0.25, 0.3) is 5.91 Å². The van der Waals surface area contributed by atoms with Gasteiger partial charge < -0.3 is 4.74 Å². The predicted molar refractivity (Wildman–Crippen MR) is 91.2 cm³/mol. The van der Waals surface area contributed by atoms with Crippen molar-refractivity contribution in [2.45, 2.75) is 20.0 Å². The van der Waals surface area contributed by atoms with Crippen LogP contribution >= 0.6 is 34.5 Å². The smallest absolute Gasteiger partial charge is 0.280 e. The highest BCUT2D eigenvalue weighted by Gasteiger charge is 2.16. The Morgan fingerprint density at radius 2 is 2.14 bits per heavy atom. The molecule has 7 heteroatoms. The van der Waals surface area contributed by atoms with Crippen molar-refractivity contribution in [3.63, 3.8) is 0 Å². The Kier molecular flexibility index (Phi) is 5.83. The van der Waals surface area contributed by atoms with Crippen LogP contribution in [0.15, 0.2) is 40.8 Å². The fourth-order valence-electron chi connectivity index (χ4n) is 1.58. The van der Waals surface area contributed by atoms with E-state index in [1.165, 1.54) is 0 Å². The first-order chi connectivity index (χ1) is 10.5. The number of carbonyl (C=O) groups is 1. The van der Waals surface area contributed by atoms with Gasteiger partial charge in [0.15, 0.2) is 6.10 Å². The van der Waals surface area contributed by atoms with Crippen LogP contribution in [0.4, 0.5) is 0 Å². The van der Waals surface area contributed by atoms with Gasteiger partial charge in [-0.3, -0.25) is 4.79 Å². The van der Waals surface area contributed by atoms with E-state index in [0.29, 0.717) is 15.8 Å². The van der Waals surface area contributed by atoms with Crippen molar-refractivity contribution in [2.75, 3.05) is 0 Å². The molecule has 0 aliphatic carbocycles. The number of halogens is 2. The van der Waals surface area contributed by atoms with Gasteiger partial charge in [0.05, 0.1) is 10.7 Å². The van der Waals surface area contributed by atoms with Crippen LogP contribution < -0.4 is 10.2 Å². The summed E-state index contributed by atoms with van der Waals surface area (Å²) in [7, 11) is 0. The molecular weight excluding hydrogens is 343 g/mol. The molecule has 1 unspecified atom stereocenters. The van der Waals surface area contributed by atoms with Gasteiger partial charge in [-0.1, -0.05) is 29.3 Å². The summed E-state index contributed by atoms with van der Waals surface area (Å²) in [5, 5.41) is 6.87. The lowest BCUT2D eigenvalue weighted by Gasteiger charge is -2.14. The molecule has 1 atom stereocenters. The van der Waals surface area contributed by atoms with Crippen molar-refractivity contribution in [3.8, 4) is 5.75 Å². The van der Waals surface area contributed by atoms with Crippen molar-refractivity contribution in [1.82, 2.24) is 5.43 Å². The number of nitrogens with zero attached hydrogens (tertiary/aromatic N) is 1. The molecule has 4 nitrogen and oxygen atoms in total. The maximum atomic E-state index is 12.0. The predicted octanol–water partition coefficient (Wildman–Crippen LogP) is 4.36. The second kappa shape index (κ2) is 7.63. The second-order valence-electron chi connectivity index (χ2n) is 4.49. The van der Waals surface area contributed by atoms with E-state index < -0.39 is 6.10 Å². The van der Waals surface area contributed by atoms with Crippen LogP contribution in [0.1, 0.15) is 18.7 Å². The van der Waals surface area contributed by atoms with Gasteiger partial charge in [0.1, 0.15) is 5.75 Å². The lowest BCUT2D eigenvalue weighted by molar-refractivity contribution is -0.127. The Hall–Kier alpha value is -1.56. The van der Waals surface area contributed by atoms with Crippen molar-refractivity contribution in [1.29, 1.82) is 0 Å². The van der Waals surface area contributed by atoms with Crippen LogP contribution in [0.2, 0.25) is 10.0 Å². The zero-order valence-electron chi connectivity index (χ0n) is 12.0. The molecule has 1 heterocycles. The van der Waals surface area contributed by atoms with Crippen LogP contribution in [-0.2, 0) is 4.79 Å². The van der Waals surface area contributed by atoms with E-state index in [0.717, 1.165) is 10.6 Å². The number of hydrogen-bond acceptors (Lipinski definition) is 4. The van der Waals surface area contributed by atoms with E-state index in [4.69, 9.17) is 27.9 Å². The average Bonchev–Trinajstić information content (AvgIpc) is 3.01. The second-order valence-corrected chi connectivity index (χ2v) is 6.28. The third kappa shape index (κ3) is 4.47. The molecule has 1 N–H and O–H groups in total. The van der Waals surface area contributed by atoms with Crippen molar-refractivity contribution in [2.24, 2.45) is 5.10 Å². The van der Waals surface area contributed by atoms with Gasteiger partial charge >= 0.3 is 0 Å². The number of nitrogens with one attached hydrogen (secondary N) is 1. The van der Waals surface area contributed by atoms with E-state index in [9.17, 15) is 4.79 Å². The van der Waals surface area contributed by atoms with E-state index in [1.54, 1.807) is 36.5 Å². The Morgan fingerprint density at radius 1 is 1.36 bits per heavy atom. The first-order valence-corrected chi connectivity index (χ1v) is 8.10. The van der Waals surface area contributed by atoms with Gasteiger partial charge in [0.2, 0.25) is 0 Å². The number of hydrazone groups is 1. The minimum absolute atomic E-state index is 0.352. The Morgan fingerprint density at radius 3 is 2.77 bits per heavy atom.